The fourth-order valence-corrected chi connectivity index (χ4v) is 2.37. The second kappa shape index (κ2) is 3.84. The van der Waals surface area contributed by atoms with Gasteiger partial charge in [-0.05, 0) is 38.1 Å². The summed E-state index contributed by atoms with van der Waals surface area (Å²) in [7, 11) is 2.02. The number of hydrogen-bond acceptors (Lipinski definition) is 4. The Kier molecular flexibility index (Phi) is 2.46. The molecule has 1 N–H and O–H groups in total. The summed E-state index contributed by atoms with van der Waals surface area (Å²) in [4.78, 5) is 4.50. The number of nitrogens with one attached hydrogen (secondary N) is 1. The minimum atomic E-state index is 0.518. The molecule has 0 aliphatic heterocycles. The lowest BCUT2D eigenvalue weighted by atomic mass is 10.1. The van der Waals surface area contributed by atoms with Gasteiger partial charge in [-0.2, -0.15) is 4.98 Å². The molecule has 0 bridgehead atoms. The second-order valence-electron chi connectivity index (χ2n) is 5.30. The van der Waals surface area contributed by atoms with E-state index in [1.54, 1.807) is 0 Å². The number of nitrogens with zero attached hydrogens (tertiary/aromatic N) is 2. The van der Waals surface area contributed by atoms with E-state index in [1.165, 1.54) is 19.3 Å². The number of aromatic nitrogens is 2. The van der Waals surface area contributed by atoms with Crippen LogP contribution in [0, 0.1) is 11.8 Å². The molecular formula is C12H19N3O. The van der Waals surface area contributed by atoms with Crippen LogP contribution in [0.15, 0.2) is 4.52 Å². The van der Waals surface area contributed by atoms with E-state index < -0.39 is 0 Å². The molecule has 0 saturated heterocycles. The van der Waals surface area contributed by atoms with Crippen molar-refractivity contribution in [3.05, 3.63) is 11.7 Å². The topological polar surface area (TPSA) is 51.0 Å². The Balaban J connectivity index is 1.63. The molecule has 3 rings (SSSR count). The van der Waals surface area contributed by atoms with Crippen molar-refractivity contribution in [3.63, 3.8) is 0 Å². The maximum Gasteiger partial charge on any atom is 0.228 e. The third-order valence-corrected chi connectivity index (χ3v) is 3.88. The van der Waals surface area contributed by atoms with Gasteiger partial charge in [-0.3, -0.25) is 0 Å². The van der Waals surface area contributed by atoms with Gasteiger partial charge in [-0.15, -0.1) is 0 Å². The standard InChI is InChI=1S/C12H19N3O/c1-7-5-9(7)12-14-11(16-15-12)6-10(13-2)8-3-4-8/h7-10,13H,3-6H2,1-2H3. The zero-order valence-electron chi connectivity index (χ0n) is 9.94. The summed E-state index contributed by atoms with van der Waals surface area (Å²) in [5, 5.41) is 7.43. The highest BCUT2D eigenvalue weighted by Gasteiger charge is 2.38. The third kappa shape index (κ3) is 1.98. The molecule has 2 aliphatic carbocycles. The van der Waals surface area contributed by atoms with Gasteiger partial charge >= 0.3 is 0 Å². The monoisotopic (exact) mass is 221 g/mol. The highest BCUT2D eigenvalue weighted by atomic mass is 16.5. The average Bonchev–Trinajstić information content (AvgIpc) is 3.18. The first-order valence-electron chi connectivity index (χ1n) is 6.27. The van der Waals surface area contributed by atoms with Crippen LogP contribution in [0.25, 0.3) is 0 Å². The van der Waals surface area contributed by atoms with Crippen LogP contribution in [0.5, 0.6) is 0 Å². The molecule has 3 unspecified atom stereocenters. The molecule has 2 saturated carbocycles. The Morgan fingerprint density at radius 1 is 1.50 bits per heavy atom. The summed E-state index contributed by atoms with van der Waals surface area (Å²) >= 11 is 0. The molecule has 0 spiro atoms. The summed E-state index contributed by atoms with van der Waals surface area (Å²) in [6.45, 7) is 2.24. The van der Waals surface area contributed by atoms with Gasteiger partial charge < -0.3 is 9.84 Å². The third-order valence-electron chi connectivity index (χ3n) is 3.88. The van der Waals surface area contributed by atoms with Gasteiger partial charge in [0.1, 0.15) is 0 Å². The van der Waals surface area contributed by atoms with Crippen molar-refractivity contribution in [3.8, 4) is 0 Å². The molecule has 88 valence electrons. The van der Waals surface area contributed by atoms with Crippen molar-refractivity contribution in [2.45, 2.75) is 44.6 Å². The van der Waals surface area contributed by atoms with Crippen molar-refractivity contribution < 1.29 is 4.52 Å². The molecule has 2 fully saturated rings. The van der Waals surface area contributed by atoms with Crippen LogP contribution in [-0.4, -0.2) is 23.2 Å². The lowest BCUT2D eigenvalue weighted by molar-refractivity contribution is 0.348. The maximum atomic E-state index is 5.32. The molecule has 4 nitrogen and oxygen atoms in total. The highest BCUT2D eigenvalue weighted by molar-refractivity contribution is 5.08. The smallest absolute Gasteiger partial charge is 0.228 e. The van der Waals surface area contributed by atoms with Crippen LogP contribution in [0.2, 0.25) is 0 Å². The summed E-state index contributed by atoms with van der Waals surface area (Å²) in [6, 6.07) is 0.518. The molecule has 0 amide bonds. The van der Waals surface area contributed by atoms with Crippen LogP contribution < -0.4 is 5.32 Å². The predicted molar refractivity (Wildman–Crippen MR) is 60.1 cm³/mol. The molecule has 1 aromatic rings. The molecule has 16 heavy (non-hydrogen) atoms. The zero-order valence-corrected chi connectivity index (χ0v) is 9.94. The molecule has 1 aromatic heterocycles. The molecular weight excluding hydrogens is 202 g/mol. The molecule has 3 atom stereocenters. The van der Waals surface area contributed by atoms with Crippen LogP contribution in [0.4, 0.5) is 0 Å². The Labute approximate surface area is 95.8 Å². The van der Waals surface area contributed by atoms with Crippen molar-refractivity contribution in [1.29, 1.82) is 0 Å². The quantitative estimate of drug-likeness (QED) is 0.822. The van der Waals surface area contributed by atoms with E-state index >= 15 is 0 Å². The maximum absolute atomic E-state index is 5.32. The predicted octanol–water partition coefficient (Wildman–Crippen LogP) is 1.73. The van der Waals surface area contributed by atoms with E-state index in [0.29, 0.717) is 12.0 Å². The van der Waals surface area contributed by atoms with E-state index in [-0.39, 0.29) is 0 Å². The zero-order chi connectivity index (χ0) is 11.1. The van der Waals surface area contributed by atoms with Crippen LogP contribution in [0.1, 0.15) is 43.8 Å². The SMILES string of the molecule is CNC(Cc1nc(C2CC2C)no1)C1CC1. The van der Waals surface area contributed by atoms with E-state index in [0.717, 1.165) is 30.0 Å². The van der Waals surface area contributed by atoms with Crippen LogP contribution in [0.3, 0.4) is 0 Å². The first kappa shape index (κ1) is 10.3. The molecule has 0 aromatic carbocycles. The Morgan fingerprint density at radius 2 is 2.25 bits per heavy atom. The number of likely N-dealkylation sites (N-methyl/N-ethyl adjacent to an activating group) is 1. The van der Waals surface area contributed by atoms with Crippen molar-refractivity contribution in [1.82, 2.24) is 15.5 Å². The van der Waals surface area contributed by atoms with E-state index in [9.17, 15) is 0 Å². The number of rotatable bonds is 5. The van der Waals surface area contributed by atoms with Crippen LogP contribution in [-0.2, 0) is 6.42 Å². The Bertz CT molecular complexity index is 372. The minimum Gasteiger partial charge on any atom is -0.339 e. The summed E-state index contributed by atoms with van der Waals surface area (Å²) in [6.07, 6.45) is 4.78. The second-order valence-corrected chi connectivity index (χ2v) is 5.30. The number of hydrogen-bond donors (Lipinski definition) is 1. The normalized spacial score (nSPS) is 30.4. The summed E-state index contributed by atoms with van der Waals surface area (Å²) in [5.41, 5.74) is 0. The molecule has 0 radical (unpaired) electrons. The Hall–Kier alpha value is -0.900. The average molecular weight is 221 g/mol. The summed E-state index contributed by atoms with van der Waals surface area (Å²) < 4.78 is 5.32. The van der Waals surface area contributed by atoms with Gasteiger partial charge in [0.2, 0.25) is 5.89 Å². The van der Waals surface area contributed by atoms with Crippen molar-refractivity contribution >= 4 is 0 Å². The van der Waals surface area contributed by atoms with E-state index in [4.69, 9.17) is 4.52 Å². The van der Waals surface area contributed by atoms with Gasteiger partial charge in [-0.25, -0.2) is 0 Å². The lowest BCUT2D eigenvalue weighted by Gasteiger charge is -2.11. The van der Waals surface area contributed by atoms with Gasteiger partial charge in [0.05, 0.1) is 0 Å². The highest BCUT2D eigenvalue weighted by Crippen LogP contribution is 2.45. The molecule has 2 aliphatic rings. The summed E-state index contributed by atoms with van der Waals surface area (Å²) in [5.74, 6) is 3.86. The van der Waals surface area contributed by atoms with Gasteiger partial charge in [0.25, 0.3) is 0 Å². The van der Waals surface area contributed by atoms with Gasteiger partial charge in [-0.1, -0.05) is 12.1 Å². The lowest BCUT2D eigenvalue weighted by Crippen LogP contribution is -2.29. The first-order valence-corrected chi connectivity index (χ1v) is 6.27. The fourth-order valence-electron chi connectivity index (χ4n) is 2.37. The first-order chi connectivity index (χ1) is 7.78. The van der Waals surface area contributed by atoms with E-state index in [2.05, 4.69) is 22.4 Å². The van der Waals surface area contributed by atoms with E-state index in [1.807, 2.05) is 7.05 Å². The largest absolute Gasteiger partial charge is 0.339 e. The Morgan fingerprint density at radius 3 is 2.81 bits per heavy atom. The van der Waals surface area contributed by atoms with Gasteiger partial charge in [0, 0.05) is 18.4 Å². The van der Waals surface area contributed by atoms with Crippen molar-refractivity contribution in [2.75, 3.05) is 7.05 Å². The molecule has 4 heteroatoms. The van der Waals surface area contributed by atoms with Crippen molar-refractivity contribution in [2.24, 2.45) is 11.8 Å². The molecule has 1 heterocycles. The van der Waals surface area contributed by atoms with Crippen LogP contribution >= 0.6 is 0 Å². The fraction of sp³-hybridized carbons (Fsp3) is 0.833. The minimum absolute atomic E-state index is 0.518. The van der Waals surface area contributed by atoms with Gasteiger partial charge in [0.15, 0.2) is 5.82 Å².